The summed E-state index contributed by atoms with van der Waals surface area (Å²) in [4.78, 5) is 4.63. The highest BCUT2D eigenvalue weighted by molar-refractivity contribution is 5.81. The molecule has 0 saturated heterocycles. The van der Waals surface area contributed by atoms with Crippen molar-refractivity contribution >= 4 is 27.7 Å². The van der Waals surface area contributed by atoms with E-state index in [-0.39, 0.29) is 5.75 Å². The van der Waals surface area contributed by atoms with Gasteiger partial charge >= 0.3 is 0 Å². The van der Waals surface area contributed by atoms with E-state index in [0.29, 0.717) is 28.3 Å². The normalized spacial score (nSPS) is 11.8. The summed E-state index contributed by atoms with van der Waals surface area (Å²) in [5.74, 6) is 1.70. The number of anilines is 1. The van der Waals surface area contributed by atoms with E-state index in [1.807, 2.05) is 67.6 Å². The summed E-state index contributed by atoms with van der Waals surface area (Å²) < 4.78 is 11.4. The maximum Gasteiger partial charge on any atom is 0.161 e. The van der Waals surface area contributed by atoms with Crippen LogP contribution in [-0.2, 0) is 0 Å². The first kappa shape index (κ1) is 19.6. The van der Waals surface area contributed by atoms with E-state index in [9.17, 15) is 5.11 Å². The minimum atomic E-state index is 0.0709. The summed E-state index contributed by atoms with van der Waals surface area (Å²) in [6.45, 7) is 2.03. The fourth-order valence-corrected chi connectivity index (χ4v) is 3.59. The topological polar surface area (TPSA) is 79.9 Å². The molecule has 0 unspecified atom stereocenters. The van der Waals surface area contributed by atoms with Gasteiger partial charge in [-0.3, -0.25) is 5.43 Å². The molecule has 0 fully saturated rings. The SMILES string of the molecule is COc1cc(-c2cc(=NNc3ccc4ccccc4n3)c3cc(C)ccc3o2)ccc1O. The van der Waals surface area contributed by atoms with Gasteiger partial charge in [0.2, 0.25) is 0 Å². The monoisotopic (exact) mass is 423 g/mol. The fourth-order valence-electron chi connectivity index (χ4n) is 3.59. The largest absolute Gasteiger partial charge is 0.504 e. The number of ether oxygens (including phenoxy) is 1. The smallest absolute Gasteiger partial charge is 0.161 e. The molecule has 0 aliphatic heterocycles. The number of aryl methyl sites for hydroxylation is 1. The number of hydrogen-bond donors (Lipinski definition) is 2. The second-order valence-electron chi connectivity index (χ2n) is 7.49. The Morgan fingerprint density at radius 1 is 0.969 bits per heavy atom. The number of pyridine rings is 1. The third kappa shape index (κ3) is 3.74. The Hall–Kier alpha value is -4.32. The van der Waals surface area contributed by atoms with Gasteiger partial charge in [0.1, 0.15) is 17.2 Å². The molecule has 2 aromatic heterocycles. The predicted molar refractivity (Wildman–Crippen MR) is 126 cm³/mol. The molecular weight excluding hydrogens is 402 g/mol. The summed E-state index contributed by atoms with van der Waals surface area (Å²) in [6.07, 6.45) is 0. The second-order valence-corrected chi connectivity index (χ2v) is 7.49. The van der Waals surface area contributed by atoms with Gasteiger partial charge in [0.25, 0.3) is 0 Å². The highest BCUT2D eigenvalue weighted by Gasteiger charge is 2.10. The summed E-state index contributed by atoms with van der Waals surface area (Å²) in [5, 5.41) is 17.2. The van der Waals surface area contributed by atoms with E-state index >= 15 is 0 Å². The molecule has 0 saturated carbocycles. The van der Waals surface area contributed by atoms with Crippen LogP contribution in [0.25, 0.3) is 33.2 Å². The molecule has 158 valence electrons. The quantitative estimate of drug-likeness (QED) is 0.368. The van der Waals surface area contributed by atoms with Crippen molar-refractivity contribution in [2.24, 2.45) is 5.10 Å². The summed E-state index contributed by atoms with van der Waals surface area (Å²) in [6, 6.07) is 24.8. The second kappa shape index (κ2) is 8.07. The zero-order valence-electron chi connectivity index (χ0n) is 17.7. The van der Waals surface area contributed by atoms with Gasteiger partial charge in [-0.2, -0.15) is 5.10 Å². The van der Waals surface area contributed by atoms with E-state index in [1.165, 1.54) is 7.11 Å². The number of rotatable bonds is 4. The minimum Gasteiger partial charge on any atom is -0.504 e. The van der Waals surface area contributed by atoms with Gasteiger partial charge in [0.05, 0.1) is 18.0 Å². The molecule has 0 amide bonds. The molecular formula is C26H21N3O3. The van der Waals surface area contributed by atoms with Crippen molar-refractivity contribution in [1.82, 2.24) is 4.98 Å². The lowest BCUT2D eigenvalue weighted by molar-refractivity contribution is 0.373. The molecule has 5 rings (SSSR count). The first-order valence-corrected chi connectivity index (χ1v) is 10.2. The molecule has 0 aliphatic rings. The molecule has 6 nitrogen and oxygen atoms in total. The van der Waals surface area contributed by atoms with Crippen LogP contribution in [0.15, 0.2) is 88.4 Å². The number of nitrogens with one attached hydrogen (secondary N) is 1. The summed E-state index contributed by atoms with van der Waals surface area (Å²) in [7, 11) is 1.51. The van der Waals surface area contributed by atoms with Gasteiger partial charge < -0.3 is 14.3 Å². The summed E-state index contributed by atoms with van der Waals surface area (Å²) >= 11 is 0. The molecule has 0 atom stereocenters. The molecule has 0 bridgehead atoms. The average Bonchev–Trinajstić information content (AvgIpc) is 2.82. The van der Waals surface area contributed by atoms with Crippen LogP contribution in [0.5, 0.6) is 11.5 Å². The number of methoxy groups -OCH3 is 1. The molecule has 0 radical (unpaired) electrons. The van der Waals surface area contributed by atoms with Crippen molar-refractivity contribution in [2.45, 2.75) is 6.92 Å². The molecule has 6 heteroatoms. The number of aromatic hydroxyl groups is 1. The van der Waals surface area contributed by atoms with Crippen molar-refractivity contribution in [3.8, 4) is 22.8 Å². The lowest BCUT2D eigenvalue weighted by Gasteiger charge is -2.09. The van der Waals surface area contributed by atoms with Gasteiger partial charge in [-0.1, -0.05) is 29.8 Å². The summed E-state index contributed by atoms with van der Waals surface area (Å²) in [5.41, 5.74) is 6.55. The van der Waals surface area contributed by atoms with Crippen LogP contribution >= 0.6 is 0 Å². The van der Waals surface area contributed by atoms with Gasteiger partial charge in [0.15, 0.2) is 11.5 Å². The maximum absolute atomic E-state index is 9.93. The van der Waals surface area contributed by atoms with E-state index in [2.05, 4.69) is 15.5 Å². The maximum atomic E-state index is 9.93. The van der Waals surface area contributed by atoms with Gasteiger partial charge in [-0.15, -0.1) is 0 Å². The van der Waals surface area contributed by atoms with Crippen LogP contribution in [0, 0.1) is 6.92 Å². The Bertz CT molecular complexity index is 1520. The van der Waals surface area contributed by atoms with Crippen LogP contribution in [0.1, 0.15) is 5.56 Å². The van der Waals surface area contributed by atoms with Gasteiger partial charge in [-0.25, -0.2) is 4.98 Å². The van der Waals surface area contributed by atoms with E-state index < -0.39 is 0 Å². The Kier molecular flexibility index (Phi) is 4.95. The lowest BCUT2D eigenvalue weighted by Crippen LogP contribution is -2.08. The number of hydrogen-bond acceptors (Lipinski definition) is 6. The standard InChI is InChI=1S/C26H21N3O3/c1-16-7-11-23-19(13-16)21(15-24(32-23)18-8-10-22(30)25(14-18)31-2)28-29-26-12-9-17-5-3-4-6-20(17)27-26/h3-15,30H,1-2H3,(H,27,29). The number of nitrogens with zero attached hydrogens (tertiary/aromatic N) is 2. The third-order valence-electron chi connectivity index (χ3n) is 5.25. The molecule has 2 N–H and O–H groups in total. The molecule has 0 spiro atoms. The van der Waals surface area contributed by atoms with Crippen LogP contribution in [0.4, 0.5) is 5.82 Å². The number of para-hydroxylation sites is 1. The zero-order valence-corrected chi connectivity index (χ0v) is 17.7. The Morgan fingerprint density at radius 2 is 1.84 bits per heavy atom. The van der Waals surface area contributed by atoms with E-state index in [4.69, 9.17) is 9.15 Å². The minimum absolute atomic E-state index is 0.0709. The predicted octanol–water partition coefficient (Wildman–Crippen LogP) is 5.60. The number of phenols is 1. The molecule has 32 heavy (non-hydrogen) atoms. The lowest BCUT2D eigenvalue weighted by atomic mass is 10.1. The van der Waals surface area contributed by atoms with E-state index in [1.54, 1.807) is 18.2 Å². The Morgan fingerprint density at radius 3 is 2.72 bits per heavy atom. The van der Waals surface area contributed by atoms with Crippen molar-refractivity contribution in [3.05, 3.63) is 89.8 Å². The van der Waals surface area contributed by atoms with Crippen LogP contribution in [0.2, 0.25) is 0 Å². The Balaban J connectivity index is 1.63. The fraction of sp³-hybridized carbons (Fsp3) is 0.0769. The highest BCUT2D eigenvalue weighted by Crippen LogP contribution is 2.32. The molecule has 3 aromatic carbocycles. The van der Waals surface area contributed by atoms with Crippen molar-refractivity contribution in [2.75, 3.05) is 12.5 Å². The van der Waals surface area contributed by atoms with Crippen molar-refractivity contribution in [1.29, 1.82) is 0 Å². The van der Waals surface area contributed by atoms with Crippen LogP contribution in [0.3, 0.4) is 0 Å². The average molecular weight is 423 g/mol. The van der Waals surface area contributed by atoms with Crippen LogP contribution in [-0.4, -0.2) is 17.2 Å². The molecule has 5 aromatic rings. The molecule has 2 heterocycles. The zero-order chi connectivity index (χ0) is 22.1. The number of aromatic nitrogens is 1. The van der Waals surface area contributed by atoms with Crippen LogP contribution < -0.4 is 15.5 Å². The number of fused-ring (bicyclic) bond motifs is 2. The van der Waals surface area contributed by atoms with Gasteiger partial charge in [-0.05, 0) is 55.5 Å². The first-order valence-electron chi connectivity index (χ1n) is 10.2. The van der Waals surface area contributed by atoms with Crippen molar-refractivity contribution < 1.29 is 14.3 Å². The van der Waals surface area contributed by atoms with Gasteiger partial charge in [0, 0.05) is 22.4 Å². The third-order valence-corrected chi connectivity index (χ3v) is 5.25. The van der Waals surface area contributed by atoms with E-state index in [0.717, 1.165) is 27.4 Å². The Labute approximate surface area is 184 Å². The van der Waals surface area contributed by atoms with Crippen molar-refractivity contribution in [3.63, 3.8) is 0 Å². The number of phenolic OH excluding ortho intramolecular Hbond substituents is 1. The first-order chi connectivity index (χ1) is 15.6. The highest BCUT2D eigenvalue weighted by atomic mass is 16.5. The molecule has 0 aliphatic carbocycles. The number of benzene rings is 3.